The van der Waals surface area contributed by atoms with Crippen molar-refractivity contribution in [3.8, 4) is 5.75 Å². The van der Waals surface area contributed by atoms with Crippen LogP contribution in [0.4, 0.5) is 13.2 Å². The van der Waals surface area contributed by atoms with Gasteiger partial charge in [-0.05, 0) is 23.8 Å². The van der Waals surface area contributed by atoms with Gasteiger partial charge in [-0.3, -0.25) is 0 Å². The quantitative estimate of drug-likeness (QED) is 0.768. The fourth-order valence-electron chi connectivity index (χ4n) is 1.62. The summed E-state index contributed by atoms with van der Waals surface area (Å²) in [6, 6.07) is 10.5. The van der Waals surface area contributed by atoms with E-state index in [0.29, 0.717) is 10.8 Å². The van der Waals surface area contributed by atoms with E-state index in [-0.39, 0.29) is 12.4 Å². The van der Waals surface area contributed by atoms with Gasteiger partial charge in [0.25, 0.3) is 0 Å². The van der Waals surface area contributed by atoms with Crippen LogP contribution in [-0.4, -0.2) is 6.61 Å². The summed E-state index contributed by atoms with van der Waals surface area (Å²) >= 11 is 0. The van der Waals surface area contributed by atoms with Crippen LogP contribution in [0, 0.1) is 6.07 Å². The average molecular weight is 239 g/mol. The molecule has 0 saturated carbocycles. The van der Waals surface area contributed by atoms with Crippen LogP contribution < -0.4 is 4.74 Å². The molecule has 0 aliphatic carbocycles. The number of hydrogen-bond donors (Lipinski definition) is 0. The summed E-state index contributed by atoms with van der Waals surface area (Å²) in [5.74, 6) is -0.237. The molecule has 2 rings (SSSR count). The second-order valence-corrected chi connectivity index (χ2v) is 3.53. The van der Waals surface area contributed by atoms with E-state index in [9.17, 15) is 13.2 Å². The fraction of sp³-hybridized carbons (Fsp3) is 0.231. The molecule has 1 radical (unpaired) electrons. The van der Waals surface area contributed by atoms with Crippen molar-refractivity contribution in [3.05, 3.63) is 42.0 Å². The fourth-order valence-corrected chi connectivity index (χ4v) is 1.62. The third kappa shape index (κ3) is 2.35. The number of fused-ring (bicyclic) bond motifs is 1. The molecular formula is C13H10F3O. The van der Waals surface area contributed by atoms with Gasteiger partial charge in [-0.25, -0.2) is 0 Å². The minimum Gasteiger partial charge on any atom is -0.493 e. The zero-order chi connectivity index (χ0) is 12.5. The Morgan fingerprint density at radius 3 is 2.59 bits per heavy atom. The van der Waals surface area contributed by atoms with Gasteiger partial charge < -0.3 is 4.74 Å². The topological polar surface area (TPSA) is 9.23 Å². The van der Waals surface area contributed by atoms with Crippen molar-refractivity contribution in [1.29, 1.82) is 0 Å². The lowest BCUT2D eigenvalue weighted by Crippen LogP contribution is -2.08. The molecule has 0 fully saturated rings. The molecule has 0 N–H and O–H groups in total. The van der Waals surface area contributed by atoms with Gasteiger partial charge in [0.05, 0.1) is 12.2 Å². The average Bonchev–Trinajstić information content (AvgIpc) is 2.27. The van der Waals surface area contributed by atoms with Crippen LogP contribution in [0.25, 0.3) is 10.8 Å². The lowest BCUT2D eigenvalue weighted by molar-refractivity contribution is -0.138. The molecule has 0 saturated heterocycles. The number of ether oxygens (including phenoxy) is 1. The monoisotopic (exact) mass is 239 g/mol. The van der Waals surface area contributed by atoms with Crippen molar-refractivity contribution in [1.82, 2.24) is 0 Å². The molecular weight excluding hydrogens is 229 g/mol. The number of benzene rings is 2. The number of halogens is 3. The van der Waals surface area contributed by atoms with E-state index in [1.165, 1.54) is 0 Å². The zero-order valence-corrected chi connectivity index (χ0v) is 9.14. The smallest absolute Gasteiger partial charge is 0.420 e. The normalized spacial score (nSPS) is 11.8. The van der Waals surface area contributed by atoms with Crippen LogP contribution in [0.1, 0.15) is 12.5 Å². The first-order valence-electron chi connectivity index (χ1n) is 5.17. The van der Waals surface area contributed by atoms with E-state index in [4.69, 9.17) is 4.74 Å². The van der Waals surface area contributed by atoms with Gasteiger partial charge in [0, 0.05) is 6.07 Å². The predicted molar refractivity (Wildman–Crippen MR) is 59.0 cm³/mol. The van der Waals surface area contributed by atoms with Crippen molar-refractivity contribution >= 4 is 10.8 Å². The largest absolute Gasteiger partial charge is 0.493 e. The Morgan fingerprint density at radius 1 is 1.24 bits per heavy atom. The van der Waals surface area contributed by atoms with Gasteiger partial charge in [-0.2, -0.15) is 13.2 Å². The third-order valence-corrected chi connectivity index (χ3v) is 2.35. The van der Waals surface area contributed by atoms with Crippen LogP contribution in [-0.2, 0) is 6.18 Å². The summed E-state index contributed by atoms with van der Waals surface area (Å²) < 4.78 is 43.4. The van der Waals surface area contributed by atoms with Gasteiger partial charge in [0.1, 0.15) is 5.75 Å². The van der Waals surface area contributed by atoms with Crippen molar-refractivity contribution in [3.63, 3.8) is 0 Å². The molecule has 0 unspecified atom stereocenters. The maximum Gasteiger partial charge on any atom is 0.420 e. The van der Waals surface area contributed by atoms with Gasteiger partial charge in [0.2, 0.25) is 0 Å². The van der Waals surface area contributed by atoms with Crippen LogP contribution in [0.2, 0.25) is 0 Å². The molecule has 0 amide bonds. The molecule has 89 valence electrons. The molecule has 0 heterocycles. The van der Waals surface area contributed by atoms with E-state index >= 15 is 0 Å². The highest BCUT2D eigenvalue weighted by Gasteiger charge is 2.34. The number of hydrogen-bond acceptors (Lipinski definition) is 1. The summed E-state index contributed by atoms with van der Waals surface area (Å²) in [7, 11) is 0. The van der Waals surface area contributed by atoms with Crippen LogP contribution in [0.3, 0.4) is 0 Å². The minimum atomic E-state index is -4.43. The lowest BCUT2D eigenvalue weighted by atomic mass is 10.1. The Balaban J connectivity index is 2.66. The zero-order valence-electron chi connectivity index (χ0n) is 9.14. The Bertz CT molecular complexity index is 532. The summed E-state index contributed by atoms with van der Waals surface area (Å²) in [5, 5.41) is 1.12. The van der Waals surface area contributed by atoms with E-state index in [1.54, 1.807) is 31.2 Å². The third-order valence-electron chi connectivity index (χ3n) is 2.35. The Kier molecular flexibility index (Phi) is 2.96. The maximum absolute atomic E-state index is 12.8. The molecule has 0 aromatic heterocycles. The van der Waals surface area contributed by atoms with Crippen LogP contribution >= 0.6 is 0 Å². The minimum absolute atomic E-state index is 0.178. The highest BCUT2D eigenvalue weighted by atomic mass is 19.4. The van der Waals surface area contributed by atoms with E-state index in [2.05, 4.69) is 6.07 Å². The summed E-state index contributed by atoms with van der Waals surface area (Å²) in [5.41, 5.74) is -0.780. The molecule has 0 aliphatic rings. The molecule has 0 bridgehead atoms. The Hall–Kier alpha value is -1.71. The Morgan fingerprint density at radius 2 is 1.94 bits per heavy atom. The number of alkyl halides is 3. The first kappa shape index (κ1) is 11.8. The first-order chi connectivity index (χ1) is 8.02. The van der Waals surface area contributed by atoms with E-state index in [0.717, 1.165) is 6.07 Å². The number of rotatable bonds is 2. The second-order valence-electron chi connectivity index (χ2n) is 3.53. The van der Waals surface area contributed by atoms with Gasteiger partial charge in [-0.1, -0.05) is 24.3 Å². The van der Waals surface area contributed by atoms with E-state index in [1.807, 2.05) is 0 Å². The summed E-state index contributed by atoms with van der Waals surface area (Å²) in [6.45, 7) is 1.82. The summed E-state index contributed by atoms with van der Waals surface area (Å²) in [4.78, 5) is 0. The van der Waals surface area contributed by atoms with Gasteiger partial charge in [0.15, 0.2) is 0 Å². The molecule has 4 heteroatoms. The summed E-state index contributed by atoms with van der Waals surface area (Å²) in [6.07, 6.45) is -4.43. The molecule has 17 heavy (non-hydrogen) atoms. The second kappa shape index (κ2) is 4.28. The van der Waals surface area contributed by atoms with Gasteiger partial charge in [-0.15, -0.1) is 0 Å². The van der Waals surface area contributed by atoms with Crippen LogP contribution in [0.15, 0.2) is 30.3 Å². The molecule has 2 aromatic carbocycles. The molecule has 0 spiro atoms. The van der Waals surface area contributed by atoms with Crippen molar-refractivity contribution in [2.45, 2.75) is 13.1 Å². The molecule has 1 nitrogen and oxygen atoms in total. The van der Waals surface area contributed by atoms with Crippen molar-refractivity contribution in [2.24, 2.45) is 0 Å². The lowest BCUT2D eigenvalue weighted by Gasteiger charge is -2.13. The highest BCUT2D eigenvalue weighted by Crippen LogP contribution is 2.38. The predicted octanol–water partition coefficient (Wildman–Crippen LogP) is 4.06. The van der Waals surface area contributed by atoms with Crippen LogP contribution in [0.5, 0.6) is 5.75 Å². The SMILES string of the molecule is CCOc1[c]c2ccccc2cc1C(F)(F)F. The highest BCUT2D eigenvalue weighted by molar-refractivity contribution is 5.84. The van der Waals surface area contributed by atoms with E-state index < -0.39 is 11.7 Å². The first-order valence-corrected chi connectivity index (χ1v) is 5.17. The standard InChI is InChI=1S/C13H10F3O/c1-2-17-12-8-10-6-4-3-5-9(10)7-11(12)13(14,15)16/h3-7H,2H2,1H3. The maximum atomic E-state index is 12.8. The van der Waals surface area contributed by atoms with Crippen molar-refractivity contribution in [2.75, 3.05) is 6.61 Å². The van der Waals surface area contributed by atoms with Crippen molar-refractivity contribution < 1.29 is 17.9 Å². The Labute approximate surface area is 96.8 Å². The molecule has 0 aliphatic heterocycles. The van der Waals surface area contributed by atoms with Gasteiger partial charge >= 0.3 is 6.18 Å². The molecule has 2 aromatic rings. The molecule has 0 atom stereocenters.